The molecule has 0 saturated heterocycles. The highest BCUT2D eigenvalue weighted by atomic mass is 16.6. The molecule has 12 heavy (non-hydrogen) atoms. The fourth-order valence-electron chi connectivity index (χ4n) is 0.807. The first-order valence-electron chi connectivity index (χ1n) is 3.42. The predicted molar refractivity (Wildman–Crippen MR) is 44.0 cm³/mol. The second kappa shape index (κ2) is 3.17. The molecule has 0 radical (unpaired) electrons. The molecule has 0 N–H and O–H groups in total. The van der Waals surface area contributed by atoms with Crippen molar-refractivity contribution in [3.05, 3.63) is 33.8 Å². The van der Waals surface area contributed by atoms with Gasteiger partial charge in [0.15, 0.2) is 0 Å². The average molecular weight is 167 g/mol. The van der Waals surface area contributed by atoms with E-state index in [9.17, 15) is 10.1 Å². The minimum atomic E-state index is -0.510. The summed E-state index contributed by atoms with van der Waals surface area (Å²) in [5.41, 5.74) is 1.57. The van der Waals surface area contributed by atoms with Gasteiger partial charge in [0.05, 0.1) is 10.6 Å². The Morgan fingerprint density at radius 1 is 1.75 bits per heavy atom. The lowest BCUT2D eigenvalue weighted by Crippen LogP contribution is -1.92. The Kier molecular flexibility index (Phi) is 2.23. The van der Waals surface area contributed by atoms with Crippen LogP contribution < -0.4 is 0 Å². The van der Waals surface area contributed by atoms with Gasteiger partial charge in [0.1, 0.15) is 0 Å². The average Bonchev–Trinajstić information content (AvgIpc) is 2.28. The van der Waals surface area contributed by atoms with Crippen molar-refractivity contribution in [1.29, 1.82) is 0 Å². The molecule has 5 heteroatoms. The van der Waals surface area contributed by atoms with E-state index in [1.165, 1.54) is 6.08 Å². The number of aryl methyl sites for hydroxylation is 2. The summed E-state index contributed by atoms with van der Waals surface area (Å²) in [6, 6.07) is 1.78. The van der Waals surface area contributed by atoms with Crippen LogP contribution >= 0.6 is 0 Å². The summed E-state index contributed by atoms with van der Waals surface area (Å²) in [6.45, 7) is 1.89. The molecule has 0 saturated carbocycles. The molecule has 0 aliphatic carbocycles. The molecule has 0 atom stereocenters. The third-order valence-electron chi connectivity index (χ3n) is 1.50. The van der Waals surface area contributed by atoms with E-state index in [0.29, 0.717) is 5.69 Å². The van der Waals surface area contributed by atoms with Gasteiger partial charge in [-0.25, -0.2) is 0 Å². The summed E-state index contributed by atoms with van der Waals surface area (Å²) in [5, 5.41) is 14.0. The van der Waals surface area contributed by atoms with Gasteiger partial charge in [0, 0.05) is 18.8 Å². The predicted octanol–water partition coefficient (Wildman–Crippen LogP) is 0.976. The maximum Gasteiger partial charge on any atom is 0.236 e. The van der Waals surface area contributed by atoms with Gasteiger partial charge in [-0.15, -0.1) is 0 Å². The van der Waals surface area contributed by atoms with Crippen molar-refractivity contribution in [1.82, 2.24) is 9.78 Å². The van der Waals surface area contributed by atoms with E-state index in [4.69, 9.17) is 0 Å². The minimum Gasteiger partial charge on any atom is -0.272 e. The number of hydrogen-bond acceptors (Lipinski definition) is 3. The van der Waals surface area contributed by atoms with Crippen LogP contribution in [0.15, 0.2) is 12.3 Å². The van der Waals surface area contributed by atoms with E-state index < -0.39 is 4.92 Å². The van der Waals surface area contributed by atoms with Crippen LogP contribution in [0.2, 0.25) is 0 Å². The summed E-state index contributed by atoms with van der Waals surface area (Å²) < 4.78 is 1.67. The van der Waals surface area contributed by atoms with Crippen molar-refractivity contribution >= 4 is 6.08 Å². The third-order valence-corrected chi connectivity index (χ3v) is 1.50. The number of nitrogens with zero attached hydrogens (tertiary/aromatic N) is 3. The molecule has 1 aromatic rings. The zero-order valence-electron chi connectivity index (χ0n) is 6.89. The molecule has 0 spiro atoms. The number of rotatable bonds is 2. The Morgan fingerprint density at radius 3 is 2.83 bits per heavy atom. The first kappa shape index (κ1) is 8.45. The standard InChI is InChI=1S/C7H9N3O2/c1-6-5-7(8-9(6)2)3-4-10(11)12/h3-5H,1-2H3/b4-3+. The largest absolute Gasteiger partial charge is 0.272 e. The van der Waals surface area contributed by atoms with Crippen LogP contribution in [0, 0.1) is 17.0 Å². The molecule has 64 valence electrons. The summed E-state index contributed by atoms with van der Waals surface area (Å²) in [6.07, 6.45) is 2.24. The number of nitro groups is 1. The monoisotopic (exact) mass is 167 g/mol. The van der Waals surface area contributed by atoms with Gasteiger partial charge < -0.3 is 0 Å². The zero-order chi connectivity index (χ0) is 9.14. The van der Waals surface area contributed by atoms with E-state index in [1.807, 2.05) is 6.92 Å². The summed E-state index contributed by atoms with van der Waals surface area (Å²) in [4.78, 5) is 9.44. The minimum absolute atomic E-state index is 0.510. The van der Waals surface area contributed by atoms with Crippen LogP contribution in [0.1, 0.15) is 11.4 Å². The lowest BCUT2D eigenvalue weighted by atomic mass is 10.4. The molecule has 1 rings (SSSR count). The Hall–Kier alpha value is -1.65. The zero-order valence-corrected chi connectivity index (χ0v) is 6.89. The van der Waals surface area contributed by atoms with Gasteiger partial charge in [-0.05, 0) is 13.0 Å². The van der Waals surface area contributed by atoms with Crippen LogP contribution in [0.5, 0.6) is 0 Å². The molecular formula is C7H9N3O2. The summed E-state index contributed by atoms with van der Waals surface area (Å²) >= 11 is 0. The number of hydrogen-bond donors (Lipinski definition) is 0. The maximum absolute atomic E-state index is 9.95. The van der Waals surface area contributed by atoms with Crippen molar-refractivity contribution in [2.45, 2.75) is 6.92 Å². The molecule has 0 aliphatic rings. The van der Waals surface area contributed by atoms with E-state index in [2.05, 4.69) is 5.10 Å². The van der Waals surface area contributed by atoms with E-state index >= 15 is 0 Å². The Balaban J connectivity index is 2.83. The molecule has 0 unspecified atom stereocenters. The van der Waals surface area contributed by atoms with E-state index in [-0.39, 0.29) is 0 Å². The van der Waals surface area contributed by atoms with E-state index in [1.54, 1.807) is 17.8 Å². The molecule has 0 amide bonds. The highest BCUT2D eigenvalue weighted by Gasteiger charge is 1.97. The van der Waals surface area contributed by atoms with E-state index in [0.717, 1.165) is 11.9 Å². The Morgan fingerprint density at radius 2 is 2.42 bits per heavy atom. The van der Waals surface area contributed by atoms with Crippen molar-refractivity contribution in [3.63, 3.8) is 0 Å². The molecule has 0 aromatic carbocycles. The first-order valence-corrected chi connectivity index (χ1v) is 3.42. The fourth-order valence-corrected chi connectivity index (χ4v) is 0.807. The molecule has 1 aromatic heterocycles. The smallest absolute Gasteiger partial charge is 0.236 e. The lowest BCUT2D eigenvalue weighted by molar-refractivity contribution is -0.401. The van der Waals surface area contributed by atoms with Gasteiger partial charge >= 0.3 is 0 Å². The quantitative estimate of drug-likeness (QED) is 0.487. The highest BCUT2D eigenvalue weighted by Crippen LogP contribution is 2.02. The number of aromatic nitrogens is 2. The van der Waals surface area contributed by atoms with Crippen molar-refractivity contribution in [3.8, 4) is 0 Å². The second-order valence-electron chi connectivity index (χ2n) is 2.44. The van der Waals surface area contributed by atoms with Crippen molar-refractivity contribution in [2.24, 2.45) is 7.05 Å². The summed E-state index contributed by atoms with van der Waals surface area (Å²) in [7, 11) is 1.79. The van der Waals surface area contributed by atoms with Crippen LogP contribution in [0.25, 0.3) is 6.08 Å². The topological polar surface area (TPSA) is 61.0 Å². The van der Waals surface area contributed by atoms with Crippen molar-refractivity contribution < 1.29 is 4.92 Å². The SMILES string of the molecule is Cc1cc(/C=C/[N+](=O)[O-])nn1C. The fraction of sp³-hybridized carbons (Fsp3) is 0.286. The normalized spacial score (nSPS) is 10.8. The lowest BCUT2D eigenvalue weighted by Gasteiger charge is -1.87. The molecular weight excluding hydrogens is 158 g/mol. The Labute approximate surface area is 69.5 Å². The highest BCUT2D eigenvalue weighted by molar-refractivity contribution is 5.42. The van der Waals surface area contributed by atoms with Crippen molar-refractivity contribution in [2.75, 3.05) is 0 Å². The van der Waals surface area contributed by atoms with Gasteiger partial charge in [-0.2, -0.15) is 5.10 Å². The first-order chi connectivity index (χ1) is 5.59. The van der Waals surface area contributed by atoms with Crippen LogP contribution in [0.3, 0.4) is 0 Å². The molecule has 0 aliphatic heterocycles. The van der Waals surface area contributed by atoms with Crippen LogP contribution in [-0.4, -0.2) is 14.7 Å². The Bertz CT molecular complexity index is 308. The van der Waals surface area contributed by atoms with Gasteiger partial charge in [0.25, 0.3) is 0 Å². The molecule has 1 heterocycles. The van der Waals surface area contributed by atoms with Gasteiger partial charge in [-0.3, -0.25) is 14.8 Å². The third kappa shape index (κ3) is 1.91. The molecule has 0 bridgehead atoms. The summed E-state index contributed by atoms with van der Waals surface area (Å²) in [5.74, 6) is 0. The van der Waals surface area contributed by atoms with Crippen LogP contribution in [-0.2, 0) is 7.05 Å². The van der Waals surface area contributed by atoms with Gasteiger partial charge in [0.2, 0.25) is 6.20 Å². The van der Waals surface area contributed by atoms with Crippen LogP contribution in [0.4, 0.5) is 0 Å². The maximum atomic E-state index is 9.95. The van der Waals surface area contributed by atoms with Gasteiger partial charge in [-0.1, -0.05) is 0 Å². The molecule has 5 nitrogen and oxygen atoms in total. The molecule has 0 fully saturated rings. The second-order valence-corrected chi connectivity index (χ2v) is 2.44.